The lowest BCUT2D eigenvalue weighted by molar-refractivity contribution is 0.208. The largest absolute Gasteiger partial charge is 0.492 e. The molecule has 2 heterocycles. The summed E-state index contributed by atoms with van der Waals surface area (Å²) in [6.45, 7) is 9.09. The fourth-order valence-electron chi connectivity index (χ4n) is 3.72. The van der Waals surface area contributed by atoms with Crippen molar-refractivity contribution >= 4 is 29.2 Å². The first-order valence-electron chi connectivity index (χ1n) is 11.2. The van der Waals surface area contributed by atoms with Gasteiger partial charge in [-0.05, 0) is 45.0 Å². The molecule has 0 aliphatic carbocycles. The molecule has 1 aliphatic heterocycles. The van der Waals surface area contributed by atoms with E-state index < -0.39 is 0 Å². The van der Waals surface area contributed by atoms with Crippen molar-refractivity contribution in [3.8, 4) is 5.75 Å². The van der Waals surface area contributed by atoms with Crippen molar-refractivity contribution in [1.82, 2.24) is 14.9 Å². The number of nitrogens with zero attached hydrogens (tertiary/aromatic N) is 4. The van der Waals surface area contributed by atoms with Crippen molar-refractivity contribution in [2.24, 2.45) is 0 Å². The van der Waals surface area contributed by atoms with E-state index in [-0.39, 0.29) is 6.03 Å². The molecule has 3 aromatic rings. The first-order chi connectivity index (χ1) is 16.0. The summed E-state index contributed by atoms with van der Waals surface area (Å²) in [7, 11) is 0. The third-order valence-electron chi connectivity index (χ3n) is 5.47. The zero-order chi connectivity index (χ0) is 23.2. The zero-order valence-corrected chi connectivity index (χ0v) is 19.3. The van der Waals surface area contributed by atoms with E-state index in [2.05, 4.69) is 39.6 Å². The highest BCUT2D eigenvalue weighted by molar-refractivity contribution is 5.91. The number of rotatable bonds is 6. The summed E-state index contributed by atoms with van der Waals surface area (Å²) < 4.78 is 5.61. The van der Waals surface area contributed by atoms with Crippen LogP contribution in [0, 0.1) is 13.8 Å². The molecule has 4 rings (SSSR count). The van der Waals surface area contributed by atoms with Crippen LogP contribution in [0.5, 0.6) is 5.75 Å². The summed E-state index contributed by atoms with van der Waals surface area (Å²) in [6, 6.07) is 17.5. The van der Waals surface area contributed by atoms with Gasteiger partial charge in [0.25, 0.3) is 0 Å². The number of carbonyl (C=O) groups excluding carboxylic acids is 1. The van der Waals surface area contributed by atoms with E-state index in [1.54, 1.807) is 0 Å². The molecule has 1 saturated heterocycles. The van der Waals surface area contributed by atoms with E-state index in [0.29, 0.717) is 50.2 Å². The van der Waals surface area contributed by atoms with Gasteiger partial charge < -0.3 is 25.2 Å². The smallest absolute Gasteiger partial charge is 0.322 e. The Balaban J connectivity index is 1.38. The molecule has 2 amide bonds. The van der Waals surface area contributed by atoms with Gasteiger partial charge in [-0.15, -0.1) is 0 Å². The highest BCUT2D eigenvalue weighted by Crippen LogP contribution is 2.25. The summed E-state index contributed by atoms with van der Waals surface area (Å²) in [5, 5.41) is 6.26. The molecular formula is C25H30N6O2. The number of ether oxygens (including phenoxy) is 1. The van der Waals surface area contributed by atoms with Crippen LogP contribution in [0.1, 0.15) is 18.2 Å². The minimum atomic E-state index is -0.123. The molecule has 1 aliphatic rings. The molecular weight excluding hydrogens is 416 g/mol. The Kier molecular flexibility index (Phi) is 6.92. The summed E-state index contributed by atoms with van der Waals surface area (Å²) in [4.78, 5) is 26.1. The van der Waals surface area contributed by atoms with Crippen molar-refractivity contribution < 1.29 is 9.53 Å². The number of aryl methyl sites for hydroxylation is 2. The lowest BCUT2D eigenvalue weighted by Crippen LogP contribution is -2.50. The topological polar surface area (TPSA) is 82.6 Å². The second kappa shape index (κ2) is 10.2. The molecule has 172 valence electrons. The third kappa shape index (κ3) is 5.71. The fourth-order valence-corrected chi connectivity index (χ4v) is 3.72. The van der Waals surface area contributed by atoms with E-state index in [1.165, 1.54) is 5.56 Å². The summed E-state index contributed by atoms with van der Waals surface area (Å²) >= 11 is 0. The van der Waals surface area contributed by atoms with Gasteiger partial charge in [0.05, 0.1) is 12.3 Å². The number of urea groups is 1. The van der Waals surface area contributed by atoms with Crippen LogP contribution >= 0.6 is 0 Å². The first-order valence-corrected chi connectivity index (χ1v) is 11.2. The molecule has 0 radical (unpaired) electrons. The maximum Gasteiger partial charge on any atom is 0.322 e. The van der Waals surface area contributed by atoms with Gasteiger partial charge >= 0.3 is 6.03 Å². The van der Waals surface area contributed by atoms with Crippen molar-refractivity contribution in [3.05, 3.63) is 65.9 Å². The van der Waals surface area contributed by atoms with Crippen molar-refractivity contribution in [2.75, 3.05) is 48.3 Å². The van der Waals surface area contributed by atoms with Gasteiger partial charge in [0.2, 0.25) is 5.95 Å². The Morgan fingerprint density at radius 3 is 2.45 bits per heavy atom. The minimum Gasteiger partial charge on any atom is -0.492 e. The van der Waals surface area contributed by atoms with Crippen LogP contribution in [-0.4, -0.2) is 53.7 Å². The van der Waals surface area contributed by atoms with Gasteiger partial charge in [-0.25, -0.2) is 9.78 Å². The van der Waals surface area contributed by atoms with E-state index >= 15 is 0 Å². The molecule has 8 heteroatoms. The molecule has 8 nitrogen and oxygen atoms in total. The number of hydrogen-bond donors (Lipinski definition) is 2. The Morgan fingerprint density at radius 2 is 1.73 bits per heavy atom. The third-order valence-corrected chi connectivity index (χ3v) is 5.47. The first kappa shape index (κ1) is 22.4. The number of benzene rings is 2. The zero-order valence-electron chi connectivity index (χ0n) is 19.3. The second-order valence-corrected chi connectivity index (χ2v) is 8.02. The lowest BCUT2D eigenvalue weighted by Gasteiger charge is -2.35. The van der Waals surface area contributed by atoms with E-state index in [0.717, 1.165) is 17.2 Å². The fraction of sp³-hybridized carbons (Fsp3) is 0.320. The number of nitrogens with one attached hydrogen (secondary N) is 2. The molecule has 33 heavy (non-hydrogen) atoms. The molecule has 1 aromatic heterocycles. The molecule has 0 unspecified atom stereocenters. The van der Waals surface area contributed by atoms with E-state index in [4.69, 9.17) is 9.72 Å². The summed E-state index contributed by atoms with van der Waals surface area (Å²) in [5.41, 5.74) is 3.73. The van der Waals surface area contributed by atoms with Gasteiger partial charge in [-0.2, -0.15) is 4.98 Å². The van der Waals surface area contributed by atoms with Crippen LogP contribution in [0.15, 0.2) is 54.6 Å². The number of aromatic nitrogens is 2. The highest BCUT2D eigenvalue weighted by Gasteiger charge is 2.23. The normalized spacial score (nSPS) is 13.5. The minimum absolute atomic E-state index is 0.123. The van der Waals surface area contributed by atoms with Crippen molar-refractivity contribution in [3.63, 3.8) is 0 Å². The monoisotopic (exact) mass is 446 g/mol. The van der Waals surface area contributed by atoms with Crippen molar-refractivity contribution in [1.29, 1.82) is 0 Å². The van der Waals surface area contributed by atoms with Gasteiger partial charge in [0.15, 0.2) is 0 Å². The van der Waals surface area contributed by atoms with Crippen LogP contribution in [0.3, 0.4) is 0 Å². The molecule has 0 bridgehead atoms. The quantitative estimate of drug-likeness (QED) is 0.576. The molecule has 1 fully saturated rings. The van der Waals surface area contributed by atoms with Crippen LogP contribution in [0.25, 0.3) is 0 Å². The number of carbonyl (C=O) groups is 1. The predicted octanol–water partition coefficient (Wildman–Crippen LogP) is 4.59. The predicted molar refractivity (Wildman–Crippen MR) is 132 cm³/mol. The molecule has 2 aromatic carbocycles. The van der Waals surface area contributed by atoms with Gasteiger partial charge in [-0.1, -0.05) is 29.8 Å². The summed E-state index contributed by atoms with van der Waals surface area (Å²) in [5.74, 6) is 2.11. The van der Waals surface area contributed by atoms with Crippen LogP contribution in [0.4, 0.5) is 27.9 Å². The number of para-hydroxylation sites is 2. The Labute approximate surface area is 194 Å². The van der Waals surface area contributed by atoms with E-state index in [1.807, 2.05) is 61.2 Å². The number of amides is 2. The number of piperazine rings is 1. The Morgan fingerprint density at radius 1 is 1.00 bits per heavy atom. The molecule has 2 N–H and O–H groups in total. The number of hydrogen-bond acceptors (Lipinski definition) is 6. The Bertz CT molecular complexity index is 1090. The second-order valence-electron chi connectivity index (χ2n) is 8.02. The van der Waals surface area contributed by atoms with Gasteiger partial charge in [0, 0.05) is 43.6 Å². The SMILES string of the molecule is CCOc1ccccc1NC(=O)N1CCN(c2cc(C)nc(Nc3ccc(C)cc3)n2)CC1. The van der Waals surface area contributed by atoms with Gasteiger partial charge in [-0.3, -0.25) is 0 Å². The number of anilines is 4. The standard InChI is InChI=1S/C25H30N6O2/c1-4-33-22-8-6-5-7-21(22)28-25(32)31-15-13-30(14-16-31)23-17-19(3)26-24(29-23)27-20-11-9-18(2)10-12-20/h5-12,17H,4,13-16H2,1-3H3,(H,28,32)(H,26,27,29). The average Bonchev–Trinajstić information content (AvgIpc) is 2.82. The van der Waals surface area contributed by atoms with Crippen LogP contribution in [0.2, 0.25) is 0 Å². The van der Waals surface area contributed by atoms with Crippen molar-refractivity contribution in [2.45, 2.75) is 20.8 Å². The molecule has 0 saturated carbocycles. The summed E-state index contributed by atoms with van der Waals surface area (Å²) in [6.07, 6.45) is 0. The maximum absolute atomic E-state index is 12.8. The highest BCUT2D eigenvalue weighted by atomic mass is 16.5. The molecule has 0 spiro atoms. The van der Waals surface area contributed by atoms with Gasteiger partial charge in [0.1, 0.15) is 11.6 Å². The maximum atomic E-state index is 12.8. The van der Waals surface area contributed by atoms with Crippen LogP contribution in [-0.2, 0) is 0 Å². The Hall–Kier alpha value is -3.81. The molecule has 0 atom stereocenters. The average molecular weight is 447 g/mol. The van der Waals surface area contributed by atoms with E-state index in [9.17, 15) is 4.79 Å². The lowest BCUT2D eigenvalue weighted by atomic mass is 10.2. The van der Waals surface area contributed by atoms with Crippen LogP contribution < -0.4 is 20.3 Å².